The number of hydrogen-bond acceptors (Lipinski definition) is 5. The normalized spacial score (nSPS) is 16.5. The Hall–Kier alpha value is -1.71. The zero-order valence-corrected chi connectivity index (χ0v) is 14.3. The Kier molecular flexibility index (Phi) is 4.50. The third-order valence-corrected chi connectivity index (χ3v) is 7.24. The predicted octanol–water partition coefficient (Wildman–Crippen LogP) is 2.18. The fourth-order valence-electron chi connectivity index (χ4n) is 2.59. The molecule has 1 fully saturated rings. The lowest BCUT2D eigenvalue weighted by Gasteiger charge is -2.12. The number of rotatable bonds is 5. The van der Waals surface area contributed by atoms with E-state index in [9.17, 15) is 21.2 Å². The second kappa shape index (κ2) is 6.30. The lowest BCUT2D eigenvalue weighted by molar-refractivity contribution is 0.395. The molecule has 1 aromatic carbocycles. The summed E-state index contributed by atoms with van der Waals surface area (Å²) in [6, 6.07) is 7.55. The Balaban J connectivity index is 1.85. The van der Waals surface area contributed by atoms with Gasteiger partial charge < -0.3 is 4.42 Å². The van der Waals surface area contributed by atoms with Crippen molar-refractivity contribution in [2.45, 2.75) is 28.6 Å². The molecule has 0 spiro atoms. The zero-order chi connectivity index (χ0) is 17.4. The molecule has 0 saturated carbocycles. The number of halogens is 1. The fraction of sp³-hybridized carbons (Fsp3) is 0.333. The van der Waals surface area contributed by atoms with Crippen LogP contribution in [0, 0.1) is 5.82 Å². The number of hydrogen-bond donors (Lipinski definition) is 0. The van der Waals surface area contributed by atoms with Crippen molar-refractivity contribution in [2.75, 3.05) is 13.1 Å². The topological polar surface area (TPSA) is 84.7 Å². The van der Waals surface area contributed by atoms with Crippen LogP contribution in [-0.4, -0.2) is 34.2 Å². The molecule has 1 aliphatic rings. The van der Waals surface area contributed by atoms with E-state index in [1.54, 1.807) is 0 Å². The fourth-order valence-corrected chi connectivity index (χ4v) is 5.37. The summed E-state index contributed by atoms with van der Waals surface area (Å²) >= 11 is 0. The van der Waals surface area contributed by atoms with Crippen molar-refractivity contribution >= 4 is 19.9 Å². The molecule has 130 valence electrons. The summed E-state index contributed by atoms with van der Waals surface area (Å²) in [4.78, 5) is -0.439. The molecule has 6 nitrogen and oxygen atoms in total. The molecule has 0 N–H and O–H groups in total. The summed E-state index contributed by atoms with van der Waals surface area (Å²) in [5.74, 6) is -1.51. The number of sulfonamides is 1. The van der Waals surface area contributed by atoms with E-state index in [1.807, 2.05) is 0 Å². The van der Waals surface area contributed by atoms with E-state index in [0.717, 1.165) is 25.0 Å². The molecule has 0 unspecified atom stereocenters. The van der Waals surface area contributed by atoms with Gasteiger partial charge in [-0.25, -0.2) is 21.2 Å². The SMILES string of the molecule is O=S(=O)(Cc1ccc(S(=O)(=O)N2CCCC2)o1)c1ccccc1F. The van der Waals surface area contributed by atoms with E-state index in [-0.39, 0.29) is 10.9 Å². The van der Waals surface area contributed by atoms with Gasteiger partial charge in [0, 0.05) is 13.1 Å². The molecule has 9 heteroatoms. The second-order valence-corrected chi connectivity index (χ2v) is 9.35. The molecule has 2 heterocycles. The van der Waals surface area contributed by atoms with Crippen molar-refractivity contribution < 1.29 is 25.6 Å². The Labute approximate surface area is 139 Å². The minimum atomic E-state index is -3.97. The quantitative estimate of drug-likeness (QED) is 0.802. The number of benzene rings is 1. The smallest absolute Gasteiger partial charge is 0.276 e. The molecule has 24 heavy (non-hydrogen) atoms. The molecule has 3 rings (SSSR count). The molecule has 1 saturated heterocycles. The van der Waals surface area contributed by atoms with E-state index >= 15 is 0 Å². The molecule has 0 bridgehead atoms. The first kappa shape index (κ1) is 17.1. The predicted molar refractivity (Wildman–Crippen MR) is 84.0 cm³/mol. The average molecular weight is 373 g/mol. The zero-order valence-electron chi connectivity index (χ0n) is 12.7. The van der Waals surface area contributed by atoms with Crippen LogP contribution in [0.15, 0.2) is 50.8 Å². The minimum Gasteiger partial charge on any atom is -0.447 e. The lowest BCUT2D eigenvalue weighted by atomic mass is 10.3. The van der Waals surface area contributed by atoms with Gasteiger partial charge in [0.05, 0.1) is 0 Å². The highest BCUT2D eigenvalue weighted by Crippen LogP contribution is 2.25. The van der Waals surface area contributed by atoms with Gasteiger partial charge in [0.2, 0.25) is 5.09 Å². The van der Waals surface area contributed by atoms with Gasteiger partial charge in [0.15, 0.2) is 9.84 Å². The Morgan fingerprint density at radius 1 is 1.00 bits per heavy atom. The van der Waals surface area contributed by atoms with E-state index in [1.165, 1.54) is 28.6 Å². The Morgan fingerprint density at radius 2 is 1.67 bits per heavy atom. The van der Waals surface area contributed by atoms with E-state index in [0.29, 0.717) is 13.1 Å². The summed E-state index contributed by atoms with van der Waals surface area (Å²) in [6.45, 7) is 0.845. The summed E-state index contributed by atoms with van der Waals surface area (Å²) in [5.41, 5.74) is 0. The molecule has 2 aromatic rings. The van der Waals surface area contributed by atoms with Gasteiger partial charge in [-0.2, -0.15) is 4.31 Å². The molecule has 1 aromatic heterocycles. The molecule has 1 aliphatic heterocycles. The Morgan fingerprint density at radius 3 is 2.33 bits per heavy atom. The van der Waals surface area contributed by atoms with Crippen LogP contribution in [0.25, 0.3) is 0 Å². The largest absolute Gasteiger partial charge is 0.447 e. The Bertz CT molecular complexity index is 944. The number of nitrogens with zero attached hydrogens (tertiary/aromatic N) is 1. The third-order valence-electron chi connectivity index (χ3n) is 3.80. The summed E-state index contributed by atoms with van der Waals surface area (Å²) in [7, 11) is -7.72. The summed E-state index contributed by atoms with van der Waals surface area (Å²) < 4.78 is 69.5. The minimum absolute atomic E-state index is 0.0453. The van der Waals surface area contributed by atoms with Gasteiger partial charge in [0.25, 0.3) is 10.0 Å². The van der Waals surface area contributed by atoms with Crippen LogP contribution in [0.2, 0.25) is 0 Å². The van der Waals surface area contributed by atoms with Crippen LogP contribution in [-0.2, 0) is 25.6 Å². The van der Waals surface area contributed by atoms with Gasteiger partial charge in [-0.1, -0.05) is 12.1 Å². The van der Waals surface area contributed by atoms with E-state index in [4.69, 9.17) is 4.42 Å². The highest BCUT2D eigenvalue weighted by molar-refractivity contribution is 7.90. The molecular weight excluding hydrogens is 357 g/mol. The standard InChI is InChI=1S/C15H16FNO5S2/c16-13-5-1-2-6-14(13)23(18,19)11-12-7-8-15(22-12)24(20,21)17-9-3-4-10-17/h1-2,5-8H,3-4,9-11H2. The van der Waals surface area contributed by atoms with Crippen LogP contribution in [0.5, 0.6) is 0 Å². The van der Waals surface area contributed by atoms with Gasteiger partial charge in [-0.15, -0.1) is 0 Å². The van der Waals surface area contributed by atoms with Crippen molar-refractivity contribution in [2.24, 2.45) is 0 Å². The molecule has 0 amide bonds. The van der Waals surface area contributed by atoms with Gasteiger partial charge >= 0.3 is 0 Å². The highest BCUT2D eigenvalue weighted by Gasteiger charge is 2.30. The summed E-state index contributed by atoms with van der Waals surface area (Å²) in [5, 5.41) is -0.289. The van der Waals surface area contributed by atoms with Gasteiger partial charge in [-0.05, 0) is 37.1 Å². The van der Waals surface area contributed by atoms with E-state index < -0.39 is 36.3 Å². The van der Waals surface area contributed by atoms with Crippen LogP contribution in [0.4, 0.5) is 4.39 Å². The average Bonchev–Trinajstić information content (AvgIpc) is 3.18. The first-order valence-corrected chi connectivity index (χ1v) is 10.5. The molecule has 0 radical (unpaired) electrons. The molecular formula is C15H16FNO5S2. The van der Waals surface area contributed by atoms with Crippen LogP contribution in [0.1, 0.15) is 18.6 Å². The van der Waals surface area contributed by atoms with Crippen molar-refractivity contribution in [1.29, 1.82) is 0 Å². The van der Waals surface area contributed by atoms with Crippen molar-refractivity contribution in [3.8, 4) is 0 Å². The first-order chi connectivity index (χ1) is 11.3. The molecule has 0 atom stereocenters. The number of furan rings is 1. The van der Waals surface area contributed by atoms with Crippen LogP contribution < -0.4 is 0 Å². The maximum Gasteiger partial charge on any atom is 0.276 e. The highest BCUT2D eigenvalue weighted by atomic mass is 32.2. The second-order valence-electron chi connectivity index (χ2n) is 5.52. The lowest BCUT2D eigenvalue weighted by Crippen LogP contribution is -2.27. The van der Waals surface area contributed by atoms with Gasteiger partial charge in [0.1, 0.15) is 22.2 Å². The van der Waals surface area contributed by atoms with Crippen molar-refractivity contribution in [3.63, 3.8) is 0 Å². The van der Waals surface area contributed by atoms with E-state index in [2.05, 4.69) is 0 Å². The van der Waals surface area contributed by atoms with Gasteiger partial charge in [-0.3, -0.25) is 0 Å². The maximum atomic E-state index is 13.7. The molecule has 0 aliphatic carbocycles. The van der Waals surface area contributed by atoms with Crippen LogP contribution in [0.3, 0.4) is 0 Å². The third kappa shape index (κ3) is 3.24. The first-order valence-electron chi connectivity index (χ1n) is 7.37. The van der Waals surface area contributed by atoms with Crippen LogP contribution >= 0.6 is 0 Å². The van der Waals surface area contributed by atoms with Crippen molar-refractivity contribution in [3.05, 3.63) is 48.0 Å². The maximum absolute atomic E-state index is 13.7. The van der Waals surface area contributed by atoms with Crippen molar-refractivity contribution in [1.82, 2.24) is 4.31 Å². The summed E-state index contributed by atoms with van der Waals surface area (Å²) in [6.07, 6.45) is 1.57. The monoisotopic (exact) mass is 373 g/mol. The number of sulfone groups is 1.